The van der Waals surface area contributed by atoms with E-state index in [1.165, 1.54) is 0 Å². The molecule has 0 unspecified atom stereocenters. The van der Waals surface area contributed by atoms with Crippen molar-refractivity contribution in [2.24, 2.45) is 5.73 Å². The van der Waals surface area contributed by atoms with E-state index in [0.717, 1.165) is 50.7 Å². The lowest BCUT2D eigenvalue weighted by molar-refractivity contribution is 0.264. The number of nitrogens with zero attached hydrogens (tertiary/aromatic N) is 6. The summed E-state index contributed by atoms with van der Waals surface area (Å²) in [5.41, 5.74) is 6.40. The summed E-state index contributed by atoms with van der Waals surface area (Å²) >= 11 is 0. The molecule has 1 aliphatic rings. The average Bonchev–Trinajstić information content (AvgIpc) is 2.88. The molecule has 0 spiro atoms. The number of anilines is 1. The molecule has 0 saturated carbocycles. The normalized spacial score (nSPS) is 17.5. The van der Waals surface area contributed by atoms with Gasteiger partial charge in [0.05, 0.1) is 0 Å². The van der Waals surface area contributed by atoms with E-state index in [-0.39, 0.29) is 0 Å². The Morgan fingerprint density at radius 1 is 1.22 bits per heavy atom. The van der Waals surface area contributed by atoms with Crippen LogP contribution in [-0.4, -0.2) is 63.8 Å². The molecule has 7 nitrogen and oxygen atoms in total. The molecule has 0 amide bonds. The molecule has 0 bridgehead atoms. The van der Waals surface area contributed by atoms with E-state index in [4.69, 9.17) is 5.73 Å². The molecule has 96 valence electrons. The molecule has 7 heteroatoms. The second-order valence-corrected chi connectivity index (χ2v) is 4.43. The van der Waals surface area contributed by atoms with Gasteiger partial charge in [-0.05, 0) is 0 Å². The van der Waals surface area contributed by atoms with E-state index in [1.807, 2.05) is 10.6 Å². The fourth-order valence-corrected chi connectivity index (χ4v) is 2.33. The number of nitrogens with two attached hydrogens (primary N) is 1. The average molecular weight is 247 g/mol. The summed E-state index contributed by atoms with van der Waals surface area (Å²) in [6.07, 6.45) is 5.35. The van der Waals surface area contributed by atoms with Gasteiger partial charge in [-0.25, -0.2) is 4.98 Å². The molecule has 18 heavy (non-hydrogen) atoms. The van der Waals surface area contributed by atoms with Crippen LogP contribution >= 0.6 is 0 Å². The van der Waals surface area contributed by atoms with Crippen molar-refractivity contribution >= 4 is 11.5 Å². The molecular formula is C11H17N7. The standard InChI is InChI=1S/C11H17N7/c12-1-3-16-5-7-17(8-6-16)10-11-15-14-9-18(11)4-2-13-10/h2,4,9H,1,3,5-8,12H2. The highest BCUT2D eigenvalue weighted by atomic mass is 15.3. The summed E-state index contributed by atoms with van der Waals surface area (Å²) in [6.45, 7) is 5.65. The first kappa shape index (κ1) is 11.4. The van der Waals surface area contributed by atoms with Crippen LogP contribution in [0.1, 0.15) is 0 Å². The zero-order valence-electron chi connectivity index (χ0n) is 10.2. The van der Waals surface area contributed by atoms with Gasteiger partial charge >= 0.3 is 0 Å². The van der Waals surface area contributed by atoms with E-state index >= 15 is 0 Å². The molecule has 0 radical (unpaired) electrons. The molecule has 0 aromatic carbocycles. The highest BCUT2D eigenvalue weighted by molar-refractivity contribution is 5.63. The minimum atomic E-state index is 0.720. The maximum absolute atomic E-state index is 5.58. The maximum Gasteiger partial charge on any atom is 0.203 e. The largest absolute Gasteiger partial charge is 0.351 e. The molecule has 1 aliphatic heterocycles. The van der Waals surface area contributed by atoms with Crippen LogP contribution in [0.15, 0.2) is 18.7 Å². The van der Waals surface area contributed by atoms with Crippen LogP contribution in [0.25, 0.3) is 5.65 Å². The van der Waals surface area contributed by atoms with Crippen LogP contribution < -0.4 is 10.6 Å². The number of fused-ring (bicyclic) bond motifs is 1. The second-order valence-electron chi connectivity index (χ2n) is 4.43. The van der Waals surface area contributed by atoms with Crippen LogP contribution in [0.2, 0.25) is 0 Å². The van der Waals surface area contributed by atoms with E-state index in [1.54, 1.807) is 12.5 Å². The minimum absolute atomic E-state index is 0.720. The van der Waals surface area contributed by atoms with Gasteiger partial charge < -0.3 is 10.6 Å². The molecular weight excluding hydrogens is 230 g/mol. The Balaban J connectivity index is 1.78. The first-order chi connectivity index (χ1) is 8.88. The molecule has 2 aromatic rings. The summed E-state index contributed by atoms with van der Waals surface area (Å²) < 4.78 is 1.90. The highest BCUT2D eigenvalue weighted by Gasteiger charge is 2.19. The Morgan fingerprint density at radius 3 is 2.83 bits per heavy atom. The Hall–Kier alpha value is -1.73. The molecule has 3 rings (SSSR count). The zero-order chi connectivity index (χ0) is 12.4. The SMILES string of the molecule is NCCN1CCN(c2nccn3cnnc23)CC1. The second kappa shape index (κ2) is 4.87. The zero-order valence-corrected chi connectivity index (χ0v) is 10.2. The topological polar surface area (TPSA) is 75.6 Å². The van der Waals surface area contributed by atoms with Gasteiger partial charge in [0.1, 0.15) is 6.33 Å². The summed E-state index contributed by atoms with van der Waals surface area (Å²) in [4.78, 5) is 9.07. The van der Waals surface area contributed by atoms with Gasteiger partial charge in [-0.1, -0.05) is 0 Å². The predicted octanol–water partition coefficient (Wildman–Crippen LogP) is -0.795. The molecule has 2 N–H and O–H groups in total. The van der Waals surface area contributed by atoms with Crippen molar-refractivity contribution in [3.8, 4) is 0 Å². The van der Waals surface area contributed by atoms with E-state index in [2.05, 4.69) is 25.0 Å². The van der Waals surface area contributed by atoms with Crippen molar-refractivity contribution < 1.29 is 0 Å². The third-order valence-electron chi connectivity index (χ3n) is 3.31. The number of hydrogen-bond acceptors (Lipinski definition) is 6. The van der Waals surface area contributed by atoms with Gasteiger partial charge in [0.2, 0.25) is 5.65 Å². The lowest BCUT2D eigenvalue weighted by Crippen LogP contribution is -2.48. The third-order valence-corrected chi connectivity index (χ3v) is 3.31. The van der Waals surface area contributed by atoms with Gasteiger partial charge in [0.25, 0.3) is 0 Å². The van der Waals surface area contributed by atoms with Crippen LogP contribution in [0, 0.1) is 0 Å². The minimum Gasteiger partial charge on any atom is -0.351 e. The van der Waals surface area contributed by atoms with Gasteiger partial charge in [-0.15, -0.1) is 10.2 Å². The quantitative estimate of drug-likeness (QED) is 0.765. The molecule has 3 heterocycles. The van der Waals surface area contributed by atoms with Crippen LogP contribution in [0.5, 0.6) is 0 Å². The van der Waals surface area contributed by atoms with Crippen molar-refractivity contribution in [2.75, 3.05) is 44.2 Å². The van der Waals surface area contributed by atoms with Crippen molar-refractivity contribution in [2.45, 2.75) is 0 Å². The van der Waals surface area contributed by atoms with Gasteiger partial charge in [-0.3, -0.25) is 9.30 Å². The Bertz CT molecular complexity index is 515. The van der Waals surface area contributed by atoms with Gasteiger partial charge in [-0.2, -0.15) is 0 Å². The van der Waals surface area contributed by atoms with Crippen molar-refractivity contribution in [1.29, 1.82) is 0 Å². The number of hydrogen-bond donors (Lipinski definition) is 1. The summed E-state index contributed by atoms with van der Waals surface area (Å²) in [6, 6.07) is 0. The number of piperazine rings is 1. The van der Waals surface area contributed by atoms with E-state index < -0.39 is 0 Å². The van der Waals surface area contributed by atoms with Crippen LogP contribution in [-0.2, 0) is 0 Å². The van der Waals surface area contributed by atoms with Crippen LogP contribution in [0.3, 0.4) is 0 Å². The van der Waals surface area contributed by atoms with Crippen molar-refractivity contribution in [3.63, 3.8) is 0 Å². The number of rotatable bonds is 3. The van der Waals surface area contributed by atoms with Crippen LogP contribution in [0.4, 0.5) is 5.82 Å². The molecule has 1 saturated heterocycles. The predicted molar refractivity (Wildman–Crippen MR) is 68.5 cm³/mol. The van der Waals surface area contributed by atoms with E-state index in [0.29, 0.717) is 0 Å². The lowest BCUT2D eigenvalue weighted by Gasteiger charge is -2.35. The first-order valence-electron chi connectivity index (χ1n) is 6.20. The van der Waals surface area contributed by atoms with Crippen molar-refractivity contribution in [3.05, 3.63) is 18.7 Å². The summed E-state index contributed by atoms with van der Waals surface area (Å²) in [5.74, 6) is 0.919. The Kier molecular flexibility index (Phi) is 3.07. The molecule has 1 fully saturated rings. The smallest absolute Gasteiger partial charge is 0.203 e. The first-order valence-corrected chi connectivity index (χ1v) is 6.20. The van der Waals surface area contributed by atoms with Gasteiger partial charge in [0.15, 0.2) is 5.82 Å². The maximum atomic E-state index is 5.58. The highest BCUT2D eigenvalue weighted by Crippen LogP contribution is 2.17. The fourth-order valence-electron chi connectivity index (χ4n) is 2.33. The molecule has 0 atom stereocenters. The van der Waals surface area contributed by atoms with E-state index in [9.17, 15) is 0 Å². The van der Waals surface area contributed by atoms with Crippen molar-refractivity contribution in [1.82, 2.24) is 24.5 Å². The third kappa shape index (κ3) is 2.02. The molecule has 2 aromatic heterocycles. The summed E-state index contributed by atoms with van der Waals surface area (Å²) in [7, 11) is 0. The monoisotopic (exact) mass is 247 g/mol. The summed E-state index contributed by atoms with van der Waals surface area (Å²) in [5, 5.41) is 8.04. The fraction of sp³-hybridized carbons (Fsp3) is 0.545. The Labute approximate surface area is 105 Å². The lowest BCUT2D eigenvalue weighted by atomic mass is 10.3. The Morgan fingerprint density at radius 2 is 2.06 bits per heavy atom. The van der Waals surface area contributed by atoms with Gasteiger partial charge in [0, 0.05) is 51.7 Å². The molecule has 0 aliphatic carbocycles. The number of aromatic nitrogens is 4.